The van der Waals surface area contributed by atoms with Gasteiger partial charge in [0.2, 0.25) is 0 Å². The van der Waals surface area contributed by atoms with Crippen LogP contribution in [-0.2, 0) is 4.79 Å². The molecule has 4 heteroatoms. The molecule has 0 bridgehead atoms. The van der Waals surface area contributed by atoms with E-state index in [-0.39, 0.29) is 11.6 Å². The highest BCUT2D eigenvalue weighted by Crippen LogP contribution is 2.23. The quantitative estimate of drug-likeness (QED) is 0.888. The van der Waals surface area contributed by atoms with Crippen LogP contribution in [0.5, 0.6) is 5.75 Å². The van der Waals surface area contributed by atoms with E-state index in [0.717, 1.165) is 12.0 Å². The molecule has 106 valence electrons. The lowest BCUT2D eigenvalue weighted by molar-refractivity contribution is -0.137. The largest absolute Gasteiger partial charge is 0.508 e. The van der Waals surface area contributed by atoms with Gasteiger partial charge in [-0.15, -0.1) is 0 Å². The molecule has 2 aromatic rings. The van der Waals surface area contributed by atoms with Crippen LogP contribution in [0.1, 0.15) is 19.8 Å². The average Bonchev–Trinajstić information content (AvgIpc) is 2.41. The second kappa shape index (κ2) is 7.94. The van der Waals surface area contributed by atoms with Crippen LogP contribution in [0.25, 0.3) is 11.1 Å². The number of hydrogen-bond acceptors (Lipinski definition) is 2. The summed E-state index contributed by atoms with van der Waals surface area (Å²) in [7, 11) is 0. The molecule has 3 nitrogen and oxygen atoms in total. The van der Waals surface area contributed by atoms with Crippen molar-refractivity contribution in [1.29, 1.82) is 0 Å². The number of aromatic hydroxyl groups is 1. The lowest BCUT2D eigenvalue weighted by Crippen LogP contribution is -1.90. The smallest absolute Gasteiger partial charge is 0.303 e. The summed E-state index contributed by atoms with van der Waals surface area (Å²) in [5.41, 5.74) is 1.31. The fourth-order valence-corrected chi connectivity index (χ4v) is 1.55. The number of hydrogen-bond donors (Lipinski definition) is 2. The highest BCUT2D eigenvalue weighted by atomic mass is 19.1. The molecule has 20 heavy (non-hydrogen) atoms. The van der Waals surface area contributed by atoms with Crippen LogP contribution >= 0.6 is 0 Å². The van der Waals surface area contributed by atoms with Crippen molar-refractivity contribution in [3.05, 3.63) is 54.3 Å². The minimum absolute atomic E-state index is 0.185. The van der Waals surface area contributed by atoms with E-state index >= 15 is 0 Å². The Labute approximate surface area is 117 Å². The Morgan fingerprint density at radius 3 is 2.15 bits per heavy atom. The van der Waals surface area contributed by atoms with Crippen LogP contribution in [0.15, 0.2) is 48.5 Å². The first-order valence-corrected chi connectivity index (χ1v) is 6.30. The molecule has 0 spiro atoms. The summed E-state index contributed by atoms with van der Waals surface area (Å²) in [6, 6.07) is 13.0. The van der Waals surface area contributed by atoms with Gasteiger partial charge >= 0.3 is 5.97 Å². The predicted octanol–water partition coefficient (Wildman–Crippen LogP) is 4.07. The molecule has 2 aromatic carbocycles. The molecule has 0 saturated carbocycles. The van der Waals surface area contributed by atoms with Gasteiger partial charge in [0.05, 0.1) is 0 Å². The lowest BCUT2D eigenvalue weighted by atomic mass is 10.1. The second-order valence-electron chi connectivity index (χ2n) is 4.17. The summed E-state index contributed by atoms with van der Waals surface area (Å²) in [4.78, 5) is 9.60. The Bertz CT molecular complexity index is 550. The zero-order valence-corrected chi connectivity index (χ0v) is 11.2. The predicted molar refractivity (Wildman–Crippen MR) is 76.0 cm³/mol. The van der Waals surface area contributed by atoms with Gasteiger partial charge in [-0.3, -0.25) is 4.79 Å². The van der Waals surface area contributed by atoms with Crippen molar-refractivity contribution < 1.29 is 19.4 Å². The molecular formula is C16H17FO3. The average molecular weight is 276 g/mol. The Hall–Kier alpha value is -2.36. The van der Waals surface area contributed by atoms with Crippen molar-refractivity contribution in [2.24, 2.45) is 0 Å². The highest BCUT2D eigenvalue weighted by molar-refractivity contribution is 5.66. The number of phenols is 1. The minimum Gasteiger partial charge on any atom is -0.508 e. The third-order valence-electron chi connectivity index (χ3n) is 2.52. The van der Waals surface area contributed by atoms with Gasteiger partial charge in [0.25, 0.3) is 0 Å². The monoisotopic (exact) mass is 276 g/mol. The summed E-state index contributed by atoms with van der Waals surface area (Å²) < 4.78 is 13.3. The molecule has 0 fully saturated rings. The summed E-state index contributed by atoms with van der Waals surface area (Å²) in [5, 5.41) is 17.0. The molecule has 0 radical (unpaired) electrons. The van der Waals surface area contributed by atoms with Gasteiger partial charge in [-0.25, -0.2) is 4.39 Å². The van der Waals surface area contributed by atoms with Gasteiger partial charge < -0.3 is 10.2 Å². The van der Waals surface area contributed by atoms with E-state index in [9.17, 15) is 9.18 Å². The molecule has 0 aromatic heterocycles. The van der Waals surface area contributed by atoms with Crippen molar-refractivity contribution >= 4 is 5.97 Å². The molecule has 0 atom stereocenters. The molecule has 0 aliphatic heterocycles. The van der Waals surface area contributed by atoms with Crippen LogP contribution in [-0.4, -0.2) is 16.2 Å². The van der Waals surface area contributed by atoms with Gasteiger partial charge in [-0.05, 0) is 30.2 Å². The number of halogens is 1. The van der Waals surface area contributed by atoms with E-state index in [4.69, 9.17) is 10.2 Å². The number of carboxylic acids is 1. The highest BCUT2D eigenvalue weighted by Gasteiger charge is 2.02. The lowest BCUT2D eigenvalue weighted by Gasteiger charge is -2.02. The number of aliphatic carboxylic acids is 1. The maximum Gasteiger partial charge on any atom is 0.303 e. The van der Waals surface area contributed by atoms with Gasteiger partial charge in [-0.2, -0.15) is 0 Å². The van der Waals surface area contributed by atoms with Crippen molar-refractivity contribution in [2.45, 2.75) is 19.8 Å². The maximum atomic E-state index is 13.3. The fraction of sp³-hybridized carbons (Fsp3) is 0.188. The molecule has 0 aliphatic carbocycles. The van der Waals surface area contributed by atoms with E-state index in [1.54, 1.807) is 42.5 Å². The topological polar surface area (TPSA) is 57.5 Å². The minimum atomic E-state index is -0.711. The Balaban J connectivity index is 0.000000286. The van der Waals surface area contributed by atoms with Gasteiger partial charge in [0.15, 0.2) is 0 Å². The molecule has 2 N–H and O–H groups in total. The Morgan fingerprint density at radius 2 is 1.70 bits per heavy atom. The van der Waals surface area contributed by atoms with Crippen LogP contribution in [0, 0.1) is 5.82 Å². The Kier molecular flexibility index (Phi) is 6.23. The third kappa shape index (κ3) is 5.10. The first kappa shape index (κ1) is 15.7. The maximum absolute atomic E-state index is 13.3. The van der Waals surface area contributed by atoms with E-state index in [2.05, 4.69) is 0 Å². The fourth-order valence-electron chi connectivity index (χ4n) is 1.55. The molecular weight excluding hydrogens is 259 g/mol. The van der Waals surface area contributed by atoms with Crippen LogP contribution < -0.4 is 0 Å². The molecule has 0 saturated heterocycles. The van der Waals surface area contributed by atoms with Gasteiger partial charge in [-0.1, -0.05) is 37.3 Å². The van der Waals surface area contributed by atoms with Crippen LogP contribution in [0.4, 0.5) is 4.39 Å². The number of benzene rings is 2. The van der Waals surface area contributed by atoms with Crippen molar-refractivity contribution in [3.63, 3.8) is 0 Å². The molecule has 0 heterocycles. The first-order chi connectivity index (χ1) is 9.54. The summed E-state index contributed by atoms with van der Waals surface area (Å²) in [6.45, 7) is 1.84. The van der Waals surface area contributed by atoms with E-state index in [1.165, 1.54) is 6.07 Å². The number of carbonyl (C=O) groups is 1. The van der Waals surface area contributed by atoms with Crippen LogP contribution in [0.3, 0.4) is 0 Å². The van der Waals surface area contributed by atoms with Crippen LogP contribution in [0.2, 0.25) is 0 Å². The normalized spacial score (nSPS) is 9.50. The van der Waals surface area contributed by atoms with E-state index in [0.29, 0.717) is 12.0 Å². The molecule has 0 amide bonds. The summed E-state index contributed by atoms with van der Waals surface area (Å²) in [6.07, 6.45) is 1.02. The molecule has 0 unspecified atom stereocenters. The second-order valence-corrected chi connectivity index (χ2v) is 4.17. The van der Waals surface area contributed by atoms with E-state index < -0.39 is 5.97 Å². The standard InChI is InChI=1S/C12H9FO.C4H8O2/c13-12-4-2-1-3-11(12)9-5-7-10(14)8-6-9;1-2-3-4(5)6/h1-8,14H;2-3H2,1H3,(H,5,6). The van der Waals surface area contributed by atoms with Crippen molar-refractivity contribution in [2.75, 3.05) is 0 Å². The zero-order valence-electron chi connectivity index (χ0n) is 11.2. The van der Waals surface area contributed by atoms with E-state index in [1.807, 2.05) is 6.92 Å². The number of phenolic OH excluding ortho intramolecular Hbond substituents is 1. The van der Waals surface area contributed by atoms with Crippen molar-refractivity contribution in [1.82, 2.24) is 0 Å². The first-order valence-electron chi connectivity index (χ1n) is 6.30. The molecule has 2 rings (SSSR count). The number of carboxylic acid groups (broad SMARTS) is 1. The Morgan fingerprint density at radius 1 is 1.10 bits per heavy atom. The van der Waals surface area contributed by atoms with Crippen molar-refractivity contribution in [3.8, 4) is 16.9 Å². The summed E-state index contributed by atoms with van der Waals surface area (Å²) >= 11 is 0. The SMILES string of the molecule is CCCC(=O)O.Oc1ccc(-c2ccccc2F)cc1. The molecule has 0 aliphatic rings. The zero-order chi connectivity index (χ0) is 15.0. The third-order valence-corrected chi connectivity index (χ3v) is 2.52. The van der Waals surface area contributed by atoms with Gasteiger partial charge in [0, 0.05) is 12.0 Å². The van der Waals surface area contributed by atoms with Gasteiger partial charge in [0.1, 0.15) is 11.6 Å². The summed E-state index contributed by atoms with van der Waals surface area (Å²) in [5.74, 6) is -0.777. The number of rotatable bonds is 3.